The smallest absolute Gasteiger partial charge is 0.339 e. The molecule has 152 valence electrons. The summed E-state index contributed by atoms with van der Waals surface area (Å²) in [5.74, 6) is 0.240. The van der Waals surface area contributed by atoms with Crippen LogP contribution >= 0.6 is 0 Å². The molecule has 0 aliphatic carbocycles. The van der Waals surface area contributed by atoms with E-state index in [-0.39, 0.29) is 16.6 Å². The zero-order valence-electron chi connectivity index (χ0n) is 15.7. The maximum absolute atomic E-state index is 13.0. The number of furan rings is 1. The van der Waals surface area contributed by atoms with E-state index in [9.17, 15) is 17.6 Å². The molecule has 29 heavy (non-hydrogen) atoms. The molecule has 0 spiro atoms. The molecule has 6 nitrogen and oxygen atoms in total. The Hall–Kier alpha value is -3.13. The Kier molecular flexibility index (Phi) is 6.33. The predicted molar refractivity (Wildman–Crippen MR) is 104 cm³/mol. The van der Waals surface area contributed by atoms with Crippen molar-refractivity contribution in [3.05, 3.63) is 84.1 Å². The average Bonchev–Trinajstić information content (AvgIpc) is 3.21. The summed E-state index contributed by atoms with van der Waals surface area (Å²) in [5, 5.41) is 0. The lowest BCUT2D eigenvalue weighted by atomic mass is 10.2. The molecule has 0 N–H and O–H groups in total. The molecule has 3 rings (SSSR count). The van der Waals surface area contributed by atoms with Crippen molar-refractivity contribution < 1.29 is 26.2 Å². The van der Waals surface area contributed by atoms with Crippen molar-refractivity contribution in [1.82, 2.24) is 4.90 Å². The lowest BCUT2D eigenvalue weighted by Gasteiger charge is -2.21. The van der Waals surface area contributed by atoms with Gasteiger partial charge < -0.3 is 13.5 Å². The third kappa shape index (κ3) is 5.45. The van der Waals surface area contributed by atoms with Crippen LogP contribution < -0.4 is 4.18 Å². The summed E-state index contributed by atoms with van der Waals surface area (Å²) >= 11 is 0. The maximum atomic E-state index is 13.0. The highest BCUT2D eigenvalue weighted by atomic mass is 32.2. The molecule has 0 saturated carbocycles. The lowest BCUT2D eigenvalue weighted by molar-refractivity contribution is -0.132. The second-order valence-corrected chi connectivity index (χ2v) is 7.86. The summed E-state index contributed by atoms with van der Waals surface area (Å²) in [4.78, 5) is 13.8. The van der Waals surface area contributed by atoms with E-state index in [1.165, 1.54) is 12.1 Å². The number of carbonyl (C=O) groups is 1. The van der Waals surface area contributed by atoms with Crippen molar-refractivity contribution in [2.24, 2.45) is 0 Å². The molecule has 2 aromatic carbocycles. The Morgan fingerprint density at radius 2 is 1.72 bits per heavy atom. The van der Waals surface area contributed by atoms with Crippen LogP contribution in [0.4, 0.5) is 4.39 Å². The van der Waals surface area contributed by atoms with Crippen molar-refractivity contribution >= 4 is 16.0 Å². The van der Waals surface area contributed by atoms with E-state index in [1.807, 2.05) is 0 Å². The van der Waals surface area contributed by atoms with E-state index < -0.39 is 15.9 Å². The van der Waals surface area contributed by atoms with Gasteiger partial charge in [0.2, 0.25) is 5.91 Å². The molecule has 1 amide bonds. The van der Waals surface area contributed by atoms with Gasteiger partial charge in [0.25, 0.3) is 0 Å². The molecule has 1 aromatic heterocycles. The molecule has 0 fully saturated rings. The summed E-state index contributed by atoms with van der Waals surface area (Å²) < 4.78 is 47.9. The van der Waals surface area contributed by atoms with Crippen LogP contribution in [-0.4, -0.2) is 19.2 Å². The van der Waals surface area contributed by atoms with Gasteiger partial charge in [-0.05, 0) is 54.1 Å². The zero-order chi connectivity index (χ0) is 20.9. The molecule has 0 bridgehead atoms. The first-order valence-corrected chi connectivity index (χ1v) is 10.4. The van der Waals surface area contributed by atoms with Crippen LogP contribution in [0.5, 0.6) is 5.75 Å². The third-order valence-electron chi connectivity index (χ3n) is 4.19. The van der Waals surface area contributed by atoms with Crippen molar-refractivity contribution in [3.63, 3.8) is 0 Å². The van der Waals surface area contributed by atoms with E-state index in [4.69, 9.17) is 8.60 Å². The van der Waals surface area contributed by atoms with Crippen molar-refractivity contribution in [2.75, 3.05) is 0 Å². The largest absolute Gasteiger partial charge is 0.467 e. The molecular formula is C21H20FNO5S. The summed E-state index contributed by atoms with van der Waals surface area (Å²) in [6.45, 7) is 2.48. The fourth-order valence-electron chi connectivity index (χ4n) is 2.69. The van der Waals surface area contributed by atoms with Gasteiger partial charge in [-0.25, -0.2) is 4.39 Å². The van der Waals surface area contributed by atoms with E-state index in [0.717, 1.165) is 29.8 Å². The first-order chi connectivity index (χ1) is 13.9. The number of benzene rings is 2. The molecule has 0 saturated heterocycles. The first-order valence-electron chi connectivity index (χ1n) is 8.96. The Labute approximate surface area is 168 Å². The molecule has 0 aliphatic heterocycles. The Morgan fingerprint density at radius 3 is 2.31 bits per heavy atom. The molecule has 1 heterocycles. The monoisotopic (exact) mass is 417 g/mol. The summed E-state index contributed by atoms with van der Waals surface area (Å²) in [5.41, 5.74) is 0.810. The molecule has 0 atom stereocenters. The SMILES string of the molecule is CCC(=O)N(Cc1ccc(OS(=O)(=O)c2ccc(F)cc2)cc1)Cc1ccco1. The summed E-state index contributed by atoms with van der Waals surface area (Å²) in [7, 11) is -4.06. The van der Waals surface area contributed by atoms with Gasteiger partial charge in [-0.1, -0.05) is 19.1 Å². The van der Waals surface area contributed by atoms with E-state index in [1.54, 1.807) is 42.4 Å². The molecule has 0 aliphatic rings. The Morgan fingerprint density at radius 1 is 1.03 bits per heavy atom. The number of carbonyl (C=O) groups excluding carboxylic acids is 1. The van der Waals surface area contributed by atoms with Gasteiger partial charge in [0.1, 0.15) is 22.2 Å². The number of amides is 1. The van der Waals surface area contributed by atoms with Gasteiger partial charge >= 0.3 is 10.1 Å². The first kappa shape index (κ1) is 20.6. The van der Waals surface area contributed by atoms with Gasteiger partial charge in [-0.15, -0.1) is 0 Å². The number of hydrogen-bond acceptors (Lipinski definition) is 5. The molecule has 0 radical (unpaired) electrons. The predicted octanol–water partition coefficient (Wildman–Crippen LogP) is 4.13. The van der Waals surface area contributed by atoms with Crippen molar-refractivity contribution in [3.8, 4) is 5.75 Å². The highest BCUT2D eigenvalue weighted by Gasteiger charge is 2.18. The average molecular weight is 417 g/mol. The van der Waals surface area contributed by atoms with Gasteiger partial charge in [-0.2, -0.15) is 8.42 Å². The quantitative estimate of drug-likeness (QED) is 0.515. The molecular weight excluding hydrogens is 397 g/mol. The summed E-state index contributed by atoms with van der Waals surface area (Å²) in [6, 6.07) is 14.3. The van der Waals surface area contributed by atoms with Crippen LogP contribution in [-0.2, 0) is 28.0 Å². The van der Waals surface area contributed by atoms with Crippen molar-refractivity contribution in [2.45, 2.75) is 31.3 Å². The minimum atomic E-state index is -4.06. The minimum Gasteiger partial charge on any atom is -0.467 e. The second-order valence-electron chi connectivity index (χ2n) is 6.32. The minimum absolute atomic E-state index is 0.0272. The highest BCUT2D eigenvalue weighted by Crippen LogP contribution is 2.21. The normalized spacial score (nSPS) is 11.2. The van der Waals surface area contributed by atoms with Crippen LogP contribution in [0.25, 0.3) is 0 Å². The molecule has 8 heteroatoms. The number of nitrogens with zero attached hydrogens (tertiary/aromatic N) is 1. The van der Waals surface area contributed by atoms with E-state index in [2.05, 4.69) is 0 Å². The Bertz CT molecular complexity index is 1050. The summed E-state index contributed by atoms with van der Waals surface area (Å²) in [6.07, 6.45) is 1.91. The van der Waals surface area contributed by atoms with E-state index >= 15 is 0 Å². The fraction of sp³-hybridized carbons (Fsp3) is 0.190. The van der Waals surface area contributed by atoms with Crippen LogP contribution in [0.1, 0.15) is 24.7 Å². The van der Waals surface area contributed by atoms with Crippen molar-refractivity contribution in [1.29, 1.82) is 0 Å². The molecule has 0 unspecified atom stereocenters. The second kappa shape index (κ2) is 8.91. The van der Waals surface area contributed by atoms with Gasteiger partial charge in [0.05, 0.1) is 12.8 Å². The standard InChI is InChI=1S/C21H20FNO5S/c1-2-21(24)23(15-19-4-3-13-27-19)14-16-5-9-18(10-6-16)28-29(25,26)20-11-7-17(22)8-12-20/h3-13H,2,14-15H2,1H3. The lowest BCUT2D eigenvalue weighted by Crippen LogP contribution is -2.29. The highest BCUT2D eigenvalue weighted by molar-refractivity contribution is 7.87. The van der Waals surface area contributed by atoms with Crippen LogP contribution in [0.2, 0.25) is 0 Å². The van der Waals surface area contributed by atoms with Crippen LogP contribution in [0, 0.1) is 5.82 Å². The van der Waals surface area contributed by atoms with Gasteiger partial charge in [0, 0.05) is 13.0 Å². The van der Waals surface area contributed by atoms with Crippen LogP contribution in [0.3, 0.4) is 0 Å². The van der Waals surface area contributed by atoms with Gasteiger partial charge in [0.15, 0.2) is 0 Å². The van der Waals surface area contributed by atoms with Gasteiger partial charge in [-0.3, -0.25) is 4.79 Å². The number of rotatable bonds is 8. The Balaban J connectivity index is 1.70. The fourth-order valence-corrected chi connectivity index (χ4v) is 3.62. The van der Waals surface area contributed by atoms with E-state index in [0.29, 0.717) is 25.3 Å². The van der Waals surface area contributed by atoms with Crippen LogP contribution in [0.15, 0.2) is 76.2 Å². The zero-order valence-corrected chi connectivity index (χ0v) is 16.6. The number of halogens is 1. The number of hydrogen-bond donors (Lipinski definition) is 0. The maximum Gasteiger partial charge on any atom is 0.339 e. The molecule has 3 aromatic rings. The topological polar surface area (TPSA) is 76.8 Å². The third-order valence-corrected chi connectivity index (χ3v) is 5.45.